The van der Waals surface area contributed by atoms with Crippen LogP contribution in [0.3, 0.4) is 0 Å². The van der Waals surface area contributed by atoms with Crippen molar-refractivity contribution in [3.63, 3.8) is 0 Å². The molecule has 0 spiro atoms. The number of amides is 3. The van der Waals surface area contributed by atoms with Crippen molar-refractivity contribution >= 4 is 40.6 Å². The van der Waals surface area contributed by atoms with Gasteiger partial charge < -0.3 is 47.8 Å². The number of aromatic nitrogens is 3. The minimum absolute atomic E-state index is 0.0494. The van der Waals surface area contributed by atoms with Crippen molar-refractivity contribution in [2.75, 3.05) is 13.1 Å². The smallest absolute Gasteiger partial charge is 0.326 e. The zero-order valence-electron chi connectivity index (χ0n) is 23.7. The van der Waals surface area contributed by atoms with Crippen molar-refractivity contribution in [1.29, 1.82) is 0 Å². The Kier molecular flexibility index (Phi) is 10.3. The van der Waals surface area contributed by atoms with E-state index in [1.165, 1.54) is 17.4 Å². The molecule has 4 unspecified atom stereocenters. The standard InChI is InChI=1S/C28H38N10O5/c29-19(11-16-13-34-20-6-2-1-5-18(16)20)24(39)37-22(12-17-14-32-15-35-17)25(40)36-21(7-3-9-33-28(30)31)26(41)38-10-4-8-23(38)27(42)43/h1-2,5-6,13-15,19,21-23,34H,3-4,7-12,29H2,(H,32,35)(H,36,40)(H,37,39)(H,42,43)(H4,30,31,33). The lowest BCUT2D eigenvalue weighted by atomic mass is 10.0. The second-order valence-electron chi connectivity index (χ2n) is 10.6. The summed E-state index contributed by atoms with van der Waals surface area (Å²) >= 11 is 0. The number of aliphatic imine (C=N–C) groups is 1. The van der Waals surface area contributed by atoms with Crippen LogP contribution in [0.4, 0.5) is 0 Å². The summed E-state index contributed by atoms with van der Waals surface area (Å²) in [7, 11) is 0. The number of carboxylic acid groups (broad SMARTS) is 1. The Bertz CT molecular complexity index is 1450. The van der Waals surface area contributed by atoms with Crippen LogP contribution in [0.25, 0.3) is 10.9 Å². The van der Waals surface area contributed by atoms with E-state index >= 15 is 0 Å². The molecule has 43 heavy (non-hydrogen) atoms. The molecule has 1 aliphatic rings. The number of likely N-dealkylation sites (tertiary alicyclic amines) is 1. The summed E-state index contributed by atoms with van der Waals surface area (Å²) in [5.74, 6) is -2.92. The van der Waals surface area contributed by atoms with Crippen LogP contribution in [0.15, 0.2) is 48.0 Å². The van der Waals surface area contributed by atoms with Crippen molar-refractivity contribution < 1.29 is 24.3 Å². The number of nitrogens with two attached hydrogens (primary N) is 3. The summed E-state index contributed by atoms with van der Waals surface area (Å²) in [6, 6.07) is 3.53. The number of H-pyrrole nitrogens is 2. The van der Waals surface area contributed by atoms with E-state index in [-0.39, 0.29) is 38.3 Å². The summed E-state index contributed by atoms with van der Waals surface area (Å²) in [6.45, 7) is 0.467. The highest BCUT2D eigenvalue weighted by atomic mass is 16.4. The number of aromatic amines is 2. The van der Waals surface area contributed by atoms with Crippen molar-refractivity contribution in [3.8, 4) is 0 Å². The Morgan fingerprint density at radius 3 is 2.58 bits per heavy atom. The first-order valence-electron chi connectivity index (χ1n) is 14.1. The maximum absolute atomic E-state index is 13.6. The van der Waals surface area contributed by atoms with Crippen LogP contribution < -0.4 is 27.8 Å². The first-order valence-corrected chi connectivity index (χ1v) is 14.1. The van der Waals surface area contributed by atoms with Crippen LogP contribution in [-0.2, 0) is 32.0 Å². The van der Waals surface area contributed by atoms with Crippen molar-refractivity contribution in [3.05, 3.63) is 54.2 Å². The molecule has 2 aromatic heterocycles. The second kappa shape index (κ2) is 14.3. The normalized spacial score (nSPS) is 16.8. The van der Waals surface area contributed by atoms with Gasteiger partial charge in [-0.2, -0.15) is 0 Å². The second-order valence-corrected chi connectivity index (χ2v) is 10.6. The Hall–Kier alpha value is -4.92. The van der Waals surface area contributed by atoms with E-state index in [1.807, 2.05) is 24.3 Å². The summed E-state index contributed by atoms with van der Waals surface area (Å²) in [5.41, 5.74) is 19.4. The number of rotatable bonds is 14. The molecule has 1 aromatic carbocycles. The van der Waals surface area contributed by atoms with Gasteiger partial charge in [0.2, 0.25) is 17.7 Å². The number of hydrogen-bond acceptors (Lipinski definition) is 7. The number of imidazole rings is 1. The largest absolute Gasteiger partial charge is 0.480 e. The molecule has 4 rings (SSSR count). The molecule has 0 aliphatic carbocycles. The Morgan fingerprint density at radius 1 is 1.09 bits per heavy atom. The molecule has 3 aromatic rings. The molecule has 15 nitrogen and oxygen atoms in total. The number of aliphatic carboxylic acids is 1. The van der Waals surface area contributed by atoms with Crippen molar-refractivity contribution in [1.82, 2.24) is 30.5 Å². The molecule has 4 atom stereocenters. The van der Waals surface area contributed by atoms with Crippen LogP contribution >= 0.6 is 0 Å². The highest BCUT2D eigenvalue weighted by Crippen LogP contribution is 2.21. The van der Waals surface area contributed by atoms with Crippen LogP contribution in [0.5, 0.6) is 0 Å². The Labute approximate surface area is 247 Å². The molecule has 230 valence electrons. The molecule has 1 aliphatic heterocycles. The number of carboxylic acids is 1. The van der Waals surface area contributed by atoms with E-state index in [1.54, 1.807) is 6.20 Å². The van der Waals surface area contributed by atoms with Crippen molar-refractivity contribution in [2.45, 2.75) is 62.7 Å². The topological polar surface area (TPSA) is 251 Å². The molecule has 11 N–H and O–H groups in total. The summed E-state index contributed by atoms with van der Waals surface area (Å²) in [4.78, 5) is 67.4. The number of nitrogens with zero attached hydrogens (tertiary/aromatic N) is 3. The molecule has 3 heterocycles. The predicted molar refractivity (Wildman–Crippen MR) is 158 cm³/mol. The number of hydrogen-bond donors (Lipinski definition) is 8. The summed E-state index contributed by atoms with van der Waals surface area (Å²) in [6.07, 6.45) is 6.39. The number of nitrogens with one attached hydrogen (secondary N) is 4. The number of guanidine groups is 1. The van der Waals surface area contributed by atoms with Gasteiger partial charge in [0.15, 0.2) is 5.96 Å². The SMILES string of the molecule is NC(N)=NCCCC(NC(=O)C(Cc1cnc[nH]1)NC(=O)C(N)Cc1c[nH]c2ccccc12)C(=O)N1CCCC1C(=O)O. The molecule has 0 bridgehead atoms. The van der Waals surface area contributed by atoms with Gasteiger partial charge in [0.05, 0.1) is 12.4 Å². The summed E-state index contributed by atoms with van der Waals surface area (Å²) < 4.78 is 0. The lowest BCUT2D eigenvalue weighted by Gasteiger charge is -2.29. The van der Waals surface area contributed by atoms with E-state index in [0.717, 1.165) is 16.5 Å². The number of para-hydroxylation sites is 1. The minimum atomic E-state index is -1.11. The zero-order chi connectivity index (χ0) is 30.9. The molecule has 0 saturated carbocycles. The molecule has 15 heteroatoms. The highest BCUT2D eigenvalue weighted by Gasteiger charge is 2.38. The van der Waals surface area contributed by atoms with Gasteiger partial charge in [-0.3, -0.25) is 19.4 Å². The maximum Gasteiger partial charge on any atom is 0.326 e. The van der Waals surface area contributed by atoms with Crippen LogP contribution in [0, 0.1) is 0 Å². The van der Waals surface area contributed by atoms with E-state index < -0.39 is 47.9 Å². The molecule has 1 saturated heterocycles. The van der Waals surface area contributed by atoms with Gasteiger partial charge in [-0.15, -0.1) is 0 Å². The van der Waals surface area contributed by atoms with Crippen LogP contribution in [-0.4, -0.2) is 91.9 Å². The molecule has 3 amide bonds. The number of fused-ring (bicyclic) bond motifs is 1. The van der Waals surface area contributed by atoms with E-state index in [9.17, 15) is 24.3 Å². The third-order valence-electron chi connectivity index (χ3n) is 7.44. The summed E-state index contributed by atoms with van der Waals surface area (Å²) in [5, 5.41) is 16.0. The van der Waals surface area contributed by atoms with Gasteiger partial charge in [0.25, 0.3) is 0 Å². The first kappa shape index (κ1) is 31.0. The fourth-order valence-corrected chi connectivity index (χ4v) is 5.26. The van der Waals surface area contributed by atoms with E-state index in [4.69, 9.17) is 17.2 Å². The quantitative estimate of drug-likeness (QED) is 0.0653. The third-order valence-corrected chi connectivity index (χ3v) is 7.44. The van der Waals surface area contributed by atoms with Gasteiger partial charge >= 0.3 is 5.97 Å². The lowest BCUT2D eigenvalue weighted by Crippen LogP contribution is -2.57. The third kappa shape index (κ3) is 8.09. The van der Waals surface area contributed by atoms with Crippen LogP contribution in [0.2, 0.25) is 0 Å². The van der Waals surface area contributed by atoms with E-state index in [0.29, 0.717) is 25.0 Å². The first-order chi connectivity index (χ1) is 20.6. The van der Waals surface area contributed by atoms with Gasteiger partial charge in [-0.25, -0.2) is 9.78 Å². The lowest BCUT2D eigenvalue weighted by molar-refractivity contribution is -0.149. The zero-order valence-corrected chi connectivity index (χ0v) is 23.7. The molecule has 0 radical (unpaired) electrons. The van der Waals surface area contributed by atoms with Gasteiger partial charge in [0, 0.05) is 48.5 Å². The average Bonchev–Trinajstić information content (AvgIpc) is 3.75. The highest BCUT2D eigenvalue weighted by molar-refractivity contribution is 5.94. The predicted octanol–water partition coefficient (Wildman–Crippen LogP) is -0.898. The molecule has 1 fully saturated rings. The average molecular weight is 595 g/mol. The number of carbonyl (C=O) groups is 4. The van der Waals surface area contributed by atoms with Crippen molar-refractivity contribution in [2.24, 2.45) is 22.2 Å². The van der Waals surface area contributed by atoms with Gasteiger partial charge in [0.1, 0.15) is 18.1 Å². The van der Waals surface area contributed by atoms with Gasteiger partial charge in [-0.05, 0) is 43.7 Å². The number of benzene rings is 1. The van der Waals surface area contributed by atoms with Crippen LogP contribution in [0.1, 0.15) is 36.9 Å². The van der Waals surface area contributed by atoms with Gasteiger partial charge in [-0.1, -0.05) is 18.2 Å². The molecular formula is C28H38N10O5. The Morgan fingerprint density at radius 2 is 1.86 bits per heavy atom. The number of carbonyl (C=O) groups excluding carboxylic acids is 3. The fourth-order valence-electron chi connectivity index (χ4n) is 5.26. The molecular weight excluding hydrogens is 556 g/mol. The van der Waals surface area contributed by atoms with E-state index in [2.05, 4.69) is 30.6 Å². The monoisotopic (exact) mass is 594 g/mol. The fraction of sp³-hybridized carbons (Fsp3) is 0.429. The Balaban J connectivity index is 1.49. The minimum Gasteiger partial charge on any atom is -0.480 e. The maximum atomic E-state index is 13.6.